The van der Waals surface area contributed by atoms with Crippen LogP contribution in [-0.4, -0.2) is 11.8 Å². The van der Waals surface area contributed by atoms with Gasteiger partial charge in [-0.15, -0.1) is 0 Å². The summed E-state index contributed by atoms with van der Waals surface area (Å²) in [5, 5.41) is 5.44. The van der Waals surface area contributed by atoms with E-state index in [0.29, 0.717) is 12.2 Å². The number of rotatable bonds is 5. The zero-order valence-electron chi connectivity index (χ0n) is 16.9. The average molecular weight is 406 g/mol. The predicted octanol–water partition coefficient (Wildman–Crippen LogP) is 5.28. The Kier molecular flexibility index (Phi) is 6.19. The fraction of sp³-hybridized carbons (Fsp3) is 0.0370. The zero-order chi connectivity index (χ0) is 21.5. The molecular formula is C27H22N2O2. The van der Waals surface area contributed by atoms with E-state index < -0.39 is 11.8 Å². The van der Waals surface area contributed by atoms with Crippen molar-refractivity contribution < 1.29 is 9.59 Å². The highest BCUT2D eigenvalue weighted by molar-refractivity contribution is 6.39. The van der Waals surface area contributed by atoms with Gasteiger partial charge in [0.2, 0.25) is 0 Å². The van der Waals surface area contributed by atoms with Crippen molar-refractivity contribution in [3.63, 3.8) is 0 Å². The molecule has 31 heavy (non-hydrogen) atoms. The SMILES string of the molecule is O=C(NCc1ccccc1)C(=O)Nc1ccc(-c2ccccc2)cc1-c1ccccc1. The molecule has 0 aliphatic carbocycles. The molecule has 0 heterocycles. The van der Waals surface area contributed by atoms with Crippen LogP contribution >= 0.6 is 0 Å². The average Bonchev–Trinajstić information content (AvgIpc) is 2.84. The van der Waals surface area contributed by atoms with Crippen molar-refractivity contribution in [1.82, 2.24) is 5.32 Å². The molecule has 0 aliphatic heterocycles. The van der Waals surface area contributed by atoms with E-state index in [1.165, 1.54) is 0 Å². The quantitative estimate of drug-likeness (QED) is 0.443. The molecule has 0 saturated carbocycles. The molecule has 4 nitrogen and oxygen atoms in total. The van der Waals surface area contributed by atoms with Crippen molar-refractivity contribution in [3.8, 4) is 22.3 Å². The molecule has 4 aromatic carbocycles. The first kappa shape index (κ1) is 20.1. The van der Waals surface area contributed by atoms with E-state index in [0.717, 1.165) is 27.8 Å². The molecule has 0 bridgehead atoms. The molecule has 152 valence electrons. The monoisotopic (exact) mass is 406 g/mol. The van der Waals surface area contributed by atoms with Gasteiger partial charge in [0.1, 0.15) is 0 Å². The number of hydrogen-bond acceptors (Lipinski definition) is 2. The first-order valence-electron chi connectivity index (χ1n) is 10.1. The third-order valence-electron chi connectivity index (χ3n) is 4.96. The Labute approximate surface area is 181 Å². The third-order valence-corrected chi connectivity index (χ3v) is 4.96. The van der Waals surface area contributed by atoms with Gasteiger partial charge in [-0.3, -0.25) is 9.59 Å². The lowest BCUT2D eigenvalue weighted by Gasteiger charge is -2.14. The van der Waals surface area contributed by atoms with E-state index in [1.54, 1.807) is 0 Å². The van der Waals surface area contributed by atoms with Gasteiger partial charge >= 0.3 is 11.8 Å². The summed E-state index contributed by atoms with van der Waals surface area (Å²) in [5.41, 5.74) is 5.45. The molecular weight excluding hydrogens is 384 g/mol. The van der Waals surface area contributed by atoms with Crippen molar-refractivity contribution in [1.29, 1.82) is 0 Å². The summed E-state index contributed by atoms with van der Waals surface area (Å²) in [6, 6.07) is 35.1. The molecule has 0 atom stereocenters. The van der Waals surface area contributed by atoms with Crippen LogP contribution in [0.25, 0.3) is 22.3 Å². The molecule has 4 aromatic rings. The standard InChI is InChI=1S/C27H22N2O2/c30-26(28-19-20-10-4-1-5-11-20)27(31)29-25-17-16-23(21-12-6-2-7-13-21)18-24(25)22-14-8-3-9-15-22/h1-18H,19H2,(H,28,30)(H,29,31). The smallest absolute Gasteiger partial charge is 0.313 e. The van der Waals surface area contributed by atoms with Crippen molar-refractivity contribution in [2.45, 2.75) is 6.54 Å². The number of hydrogen-bond donors (Lipinski definition) is 2. The summed E-state index contributed by atoms with van der Waals surface area (Å²) >= 11 is 0. The van der Waals surface area contributed by atoms with E-state index in [-0.39, 0.29) is 0 Å². The van der Waals surface area contributed by atoms with Gasteiger partial charge in [-0.05, 0) is 34.4 Å². The molecule has 2 amide bonds. The molecule has 0 fully saturated rings. The van der Waals surface area contributed by atoms with Crippen LogP contribution in [0.3, 0.4) is 0 Å². The van der Waals surface area contributed by atoms with Crippen LogP contribution < -0.4 is 10.6 Å². The Hall–Kier alpha value is -4.18. The highest BCUT2D eigenvalue weighted by atomic mass is 16.2. The van der Waals surface area contributed by atoms with E-state index in [9.17, 15) is 9.59 Å². The van der Waals surface area contributed by atoms with Crippen molar-refractivity contribution in [3.05, 3.63) is 115 Å². The van der Waals surface area contributed by atoms with Crippen molar-refractivity contribution in [2.75, 3.05) is 5.32 Å². The minimum atomic E-state index is -0.694. The fourth-order valence-electron chi connectivity index (χ4n) is 3.36. The van der Waals surface area contributed by atoms with Gasteiger partial charge in [0.25, 0.3) is 0 Å². The van der Waals surface area contributed by atoms with Gasteiger partial charge in [-0.1, -0.05) is 97.1 Å². The topological polar surface area (TPSA) is 58.2 Å². The maximum Gasteiger partial charge on any atom is 0.313 e. The summed E-state index contributed by atoms with van der Waals surface area (Å²) < 4.78 is 0. The molecule has 0 saturated heterocycles. The van der Waals surface area contributed by atoms with Gasteiger partial charge in [0.05, 0.1) is 0 Å². The zero-order valence-corrected chi connectivity index (χ0v) is 16.9. The first-order valence-corrected chi connectivity index (χ1v) is 10.1. The Balaban J connectivity index is 1.57. The number of amides is 2. The Morgan fingerprint density at radius 3 is 1.81 bits per heavy atom. The lowest BCUT2D eigenvalue weighted by atomic mass is 9.97. The minimum Gasteiger partial charge on any atom is -0.344 e. The Bertz CT molecular complexity index is 1170. The maximum absolute atomic E-state index is 12.5. The first-order chi connectivity index (χ1) is 15.2. The second kappa shape index (κ2) is 9.55. The van der Waals surface area contributed by atoms with Crippen molar-refractivity contribution >= 4 is 17.5 Å². The summed E-state index contributed by atoms with van der Waals surface area (Å²) in [4.78, 5) is 24.9. The normalized spacial score (nSPS) is 10.3. The largest absolute Gasteiger partial charge is 0.344 e. The number of benzene rings is 4. The molecule has 0 radical (unpaired) electrons. The van der Waals surface area contributed by atoms with E-state index in [4.69, 9.17) is 0 Å². The lowest BCUT2D eigenvalue weighted by molar-refractivity contribution is -0.136. The molecule has 0 spiro atoms. The van der Waals surface area contributed by atoms with E-state index in [2.05, 4.69) is 10.6 Å². The van der Waals surface area contributed by atoms with E-state index >= 15 is 0 Å². The lowest BCUT2D eigenvalue weighted by Crippen LogP contribution is -2.35. The number of carbonyl (C=O) groups excluding carboxylic acids is 2. The van der Waals surface area contributed by atoms with Crippen LogP contribution in [0.2, 0.25) is 0 Å². The van der Waals surface area contributed by atoms with Crippen LogP contribution in [0, 0.1) is 0 Å². The molecule has 2 N–H and O–H groups in total. The van der Waals surface area contributed by atoms with E-state index in [1.807, 2.05) is 109 Å². The number of anilines is 1. The third kappa shape index (κ3) is 5.06. The molecule has 0 unspecified atom stereocenters. The second-order valence-corrected chi connectivity index (χ2v) is 7.11. The minimum absolute atomic E-state index is 0.297. The number of nitrogens with one attached hydrogen (secondary N) is 2. The molecule has 0 aromatic heterocycles. The van der Waals surface area contributed by atoms with Gasteiger partial charge in [-0.25, -0.2) is 0 Å². The highest BCUT2D eigenvalue weighted by Crippen LogP contribution is 2.32. The van der Waals surface area contributed by atoms with Gasteiger partial charge in [0.15, 0.2) is 0 Å². The molecule has 4 rings (SSSR count). The Morgan fingerprint density at radius 2 is 1.16 bits per heavy atom. The summed E-state index contributed by atoms with van der Waals surface area (Å²) in [6.07, 6.45) is 0. The van der Waals surface area contributed by atoms with Gasteiger partial charge in [0, 0.05) is 17.8 Å². The second-order valence-electron chi connectivity index (χ2n) is 7.11. The number of carbonyl (C=O) groups is 2. The maximum atomic E-state index is 12.5. The molecule has 4 heteroatoms. The van der Waals surface area contributed by atoms with Gasteiger partial charge < -0.3 is 10.6 Å². The summed E-state index contributed by atoms with van der Waals surface area (Å²) in [7, 11) is 0. The Morgan fingerprint density at radius 1 is 0.581 bits per heavy atom. The summed E-state index contributed by atoms with van der Waals surface area (Å²) in [5.74, 6) is -1.37. The predicted molar refractivity (Wildman–Crippen MR) is 124 cm³/mol. The fourth-order valence-corrected chi connectivity index (χ4v) is 3.36. The van der Waals surface area contributed by atoms with Crippen LogP contribution in [0.5, 0.6) is 0 Å². The van der Waals surface area contributed by atoms with Crippen molar-refractivity contribution in [2.24, 2.45) is 0 Å². The van der Waals surface area contributed by atoms with Crippen LogP contribution in [0.4, 0.5) is 5.69 Å². The van der Waals surface area contributed by atoms with Gasteiger partial charge in [-0.2, -0.15) is 0 Å². The van der Waals surface area contributed by atoms with Crippen LogP contribution in [0.15, 0.2) is 109 Å². The van der Waals surface area contributed by atoms with Crippen LogP contribution in [0.1, 0.15) is 5.56 Å². The summed E-state index contributed by atoms with van der Waals surface area (Å²) in [6.45, 7) is 0.297. The highest BCUT2D eigenvalue weighted by Gasteiger charge is 2.16. The molecule has 0 aliphatic rings. The van der Waals surface area contributed by atoms with Crippen LogP contribution in [-0.2, 0) is 16.1 Å².